The molecule has 2 aliphatic rings. The number of aromatic nitrogens is 2. The molecule has 1 unspecified atom stereocenters. The van der Waals surface area contributed by atoms with Gasteiger partial charge in [-0.1, -0.05) is 35.5 Å². The van der Waals surface area contributed by atoms with Gasteiger partial charge in [0.2, 0.25) is 5.91 Å². The Labute approximate surface area is 185 Å². The minimum atomic E-state index is -0.227. The number of nitrogens with zero attached hydrogens (tertiary/aromatic N) is 2. The quantitative estimate of drug-likeness (QED) is 0.520. The summed E-state index contributed by atoms with van der Waals surface area (Å²) in [5.74, 6) is 0.159. The summed E-state index contributed by atoms with van der Waals surface area (Å²) in [6, 6.07) is 7.39. The number of hydrogen-bond donors (Lipinski definition) is 1. The van der Waals surface area contributed by atoms with E-state index in [-0.39, 0.29) is 23.5 Å². The largest absolute Gasteiger partial charge is 0.376 e. The molecule has 2 heterocycles. The van der Waals surface area contributed by atoms with Crippen molar-refractivity contribution in [1.29, 1.82) is 0 Å². The summed E-state index contributed by atoms with van der Waals surface area (Å²) in [6.07, 6.45) is 6.10. The van der Waals surface area contributed by atoms with Gasteiger partial charge >= 0.3 is 5.69 Å². The number of carbonyl (C=O) groups is 1. The molecule has 2 aromatic rings. The van der Waals surface area contributed by atoms with Crippen molar-refractivity contribution in [3.63, 3.8) is 0 Å². The molecule has 1 aromatic heterocycles. The first-order valence-electron chi connectivity index (χ1n) is 10.5. The third-order valence-electron chi connectivity index (χ3n) is 5.60. The van der Waals surface area contributed by atoms with Crippen LogP contribution in [-0.2, 0) is 35.5 Å². The zero-order valence-corrected chi connectivity index (χ0v) is 18.4. The lowest BCUT2D eigenvalue weighted by atomic mass is 9.97. The van der Waals surface area contributed by atoms with E-state index in [1.165, 1.54) is 11.8 Å². The number of thioether (sulfide) groups is 1. The Kier molecular flexibility index (Phi) is 7.12. The van der Waals surface area contributed by atoms with Crippen molar-refractivity contribution in [3.8, 4) is 0 Å². The lowest BCUT2D eigenvalue weighted by Gasteiger charge is -2.24. The number of ether oxygens (including phenoxy) is 1. The number of fused-ring (bicyclic) bond motifs is 1. The second kappa shape index (κ2) is 9.98. The van der Waals surface area contributed by atoms with E-state index in [0.717, 1.165) is 62.0 Å². The highest BCUT2D eigenvalue weighted by Crippen LogP contribution is 2.29. The summed E-state index contributed by atoms with van der Waals surface area (Å²) in [4.78, 5) is 29.4. The zero-order valence-electron chi connectivity index (χ0n) is 16.9. The molecule has 0 bridgehead atoms. The summed E-state index contributed by atoms with van der Waals surface area (Å²) >= 11 is 7.25. The molecule has 4 rings (SSSR count). The predicted molar refractivity (Wildman–Crippen MR) is 118 cm³/mol. The molecule has 6 nitrogen and oxygen atoms in total. The van der Waals surface area contributed by atoms with Crippen LogP contribution in [0.2, 0.25) is 5.02 Å². The average Bonchev–Trinajstić information content (AvgIpc) is 3.27. The van der Waals surface area contributed by atoms with Crippen LogP contribution in [0.3, 0.4) is 0 Å². The summed E-state index contributed by atoms with van der Waals surface area (Å²) in [7, 11) is 0. The van der Waals surface area contributed by atoms with Crippen LogP contribution < -0.4 is 11.0 Å². The monoisotopic (exact) mass is 447 g/mol. The smallest absolute Gasteiger partial charge is 0.348 e. The topological polar surface area (TPSA) is 73.2 Å². The van der Waals surface area contributed by atoms with E-state index < -0.39 is 0 Å². The standard InChI is InChI=1S/C22H26ClN3O3S/c23-16-9-7-15(8-10-16)12-24-20(27)14-30-21-18-5-1-2-6-19(18)26(22(28)25-21)13-17-4-3-11-29-17/h7-10,17H,1-6,11-14H2,(H,24,27). The van der Waals surface area contributed by atoms with Crippen LogP contribution in [-0.4, -0.2) is 33.9 Å². The molecule has 8 heteroatoms. The SMILES string of the molecule is O=C(CSc1nc(=O)n(CC2CCCO2)c2c1CCCC2)NCc1ccc(Cl)cc1. The molecule has 1 saturated heterocycles. The van der Waals surface area contributed by atoms with Gasteiger partial charge < -0.3 is 10.1 Å². The molecule has 1 atom stereocenters. The van der Waals surface area contributed by atoms with Gasteiger partial charge in [0.1, 0.15) is 5.03 Å². The number of benzene rings is 1. The highest BCUT2D eigenvalue weighted by molar-refractivity contribution is 7.99. The molecule has 1 aromatic carbocycles. The van der Waals surface area contributed by atoms with Crippen molar-refractivity contribution in [2.45, 2.75) is 62.7 Å². The molecule has 1 fully saturated rings. The van der Waals surface area contributed by atoms with Crippen LogP contribution in [0.25, 0.3) is 0 Å². The van der Waals surface area contributed by atoms with Crippen LogP contribution >= 0.6 is 23.4 Å². The van der Waals surface area contributed by atoms with Crippen LogP contribution in [0.1, 0.15) is 42.5 Å². The lowest BCUT2D eigenvalue weighted by molar-refractivity contribution is -0.118. The van der Waals surface area contributed by atoms with Gasteiger partial charge in [-0.2, -0.15) is 4.98 Å². The van der Waals surface area contributed by atoms with Crippen molar-refractivity contribution < 1.29 is 9.53 Å². The predicted octanol–water partition coefficient (Wildman–Crippen LogP) is 3.36. The van der Waals surface area contributed by atoms with Crippen molar-refractivity contribution in [2.24, 2.45) is 0 Å². The van der Waals surface area contributed by atoms with Gasteiger partial charge in [0.05, 0.1) is 18.4 Å². The number of carbonyl (C=O) groups excluding carboxylic acids is 1. The van der Waals surface area contributed by atoms with Crippen molar-refractivity contribution in [3.05, 3.63) is 56.6 Å². The van der Waals surface area contributed by atoms with Crippen molar-refractivity contribution in [2.75, 3.05) is 12.4 Å². The van der Waals surface area contributed by atoms with E-state index in [0.29, 0.717) is 23.1 Å². The van der Waals surface area contributed by atoms with Gasteiger partial charge in [0, 0.05) is 29.4 Å². The van der Waals surface area contributed by atoms with E-state index in [4.69, 9.17) is 16.3 Å². The molecule has 30 heavy (non-hydrogen) atoms. The molecule has 1 aliphatic carbocycles. The second-order valence-electron chi connectivity index (χ2n) is 7.77. The maximum atomic E-state index is 12.8. The summed E-state index contributed by atoms with van der Waals surface area (Å²) in [5, 5.41) is 4.29. The Morgan fingerprint density at radius 3 is 2.80 bits per heavy atom. The van der Waals surface area contributed by atoms with Gasteiger partial charge in [-0.3, -0.25) is 9.36 Å². The van der Waals surface area contributed by atoms with Crippen LogP contribution in [0.15, 0.2) is 34.1 Å². The van der Waals surface area contributed by atoms with Crippen LogP contribution in [0, 0.1) is 0 Å². The Morgan fingerprint density at radius 2 is 2.03 bits per heavy atom. The maximum absolute atomic E-state index is 12.8. The minimum absolute atomic E-state index is 0.0788. The average molecular weight is 448 g/mol. The third kappa shape index (κ3) is 5.25. The number of amides is 1. The fraction of sp³-hybridized carbons (Fsp3) is 0.500. The molecular formula is C22H26ClN3O3S. The fourth-order valence-corrected chi connectivity index (χ4v) is 5.07. The number of halogens is 1. The summed E-state index contributed by atoms with van der Waals surface area (Å²) < 4.78 is 7.54. The molecule has 1 aliphatic heterocycles. The van der Waals surface area contributed by atoms with Crippen molar-refractivity contribution in [1.82, 2.24) is 14.9 Å². The van der Waals surface area contributed by atoms with E-state index in [2.05, 4.69) is 10.3 Å². The molecule has 1 N–H and O–H groups in total. The van der Waals surface area contributed by atoms with Crippen LogP contribution in [0.4, 0.5) is 0 Å². The third-order valence-corrected chi connectivity index (χ3v) is 6.87. The summed E-state index contributed by atoms with van der Waals surface area (Å²) in [5.41, 5.74) is 2.98. The highest BCUT2D eigenvalue weighted by Gasteiger charge is 2.24. The maximum Gasteiger partial charge on any atom is 0.348 e. The molecule has 0 spiro atoms. The highest BCUT2D eigenvalue weighted by atomic mass is 35.5. The Hall–Kier alpha value is -1.83. The molecular weight excluding hydrogens is 422 g/mol. The minimum Gasteiger partial charge on any atom is -0.376 e. The molecule has 0 saturated carbocycles. The zero-order chi connectivity index (χ0) is 20.9. The van der Waals surface area contributed by atoms with Gasteiger partial charge in [0.25, 0.3) is 0 Å². The van der Waals surface area contributed by atoms with E-state index >= 15 is 0 Å². The van der Waals surface area contributed by atoms with Gasteiger partial charge in [-0.25, -0.2) is 4.79 Å². The number of nitrogens with one attached hydrogen (secondary N) is 1. The van der Waals surface area contributed by atoms with E-state index in [1.807, 2.05) is 16.7 Å². The first-order chi connectivity index (χ1) is 14.6. The number of rotatable bonds is 7. The lowest BCUT2D eigenvalue weighted by Crippen LogP contribution is -2.34. The van der Waals surface area contributed by atoms with Gasteiger partial charge in [-0.15, -0.1) is 0 Å². The van der Waals surface area contributed by atoms with Crippen molar-refractivity contribution >= 4 is 29.3 Å². The van der Waals surface area contributed by atoms with Gasteiger partial charge in [-0.05, 0) is 56.2 Å². The Morgan fingerprint density at radius 1 is 1.23 bits per heavy atom. The van der Waals surface area contributed by atoms with E-state index in [9.17, 15) is 9.59 Å². The summed E-state index contributed by atoms with van der Waals surface area (Å²) in [6.45, 7) is 1.81. The first-order valence-corrected chi connectivity index (χ1v) is 11.8. The first kappa shape index (κ1) is 21.4. The van der Waals surface area contributed by atoms with E-state index in [1.54, 1.807) is 12.1 Å². The molecule has 0 radical (unpaired) electrons. The normalized spacial score (nSPS) is 18.2. The Balaban J connectivity index is 1.42. The Bertz CT molecular complexity index is 955. The fourth-order valence-electron chi connectivity index (χ4n) is 4.04. The molecule has 160 valence electrons. The van der Waals surface area contributed by atoms with Gasteiger partial charge in [0.15, 0.2) is 0 Å². The molecule has 1 amide bonds. The van der Waals surface area contributed by atoms with Crippen LogP contribution in [0.5, 0.6) is 0 Å². The number of hydrogen-bond acceptors (Lipinski definition) is 5. The second-order valence-corrected chi connectivity index (χ2v) is 9.17.